The van der Waals surface area contributed by atoms with Crippen molar-refractivity contribution in [3.63, 3.8) is 0 Å². The van der Waals surface area contributed by atoms with E-state index in [1.54, 1.807) is 0 Å². The number of phosphoric ester groups is 1. The first-order valence-electron chi connectivity index (χ1n) is 24.4. The SMILES string of the molecule is CCCCCCC/C=C\C/C=C\CCCCCCCCCCCCCCOCC(COP(=O)(O)OCC(N)C(=O)O)OC(=O)CCCCCCCCCCCCCCC. The van der Waals surface area contributed by atoms with Crippen molar-refractivity contribution in [3.05, 3.63) is 24.3 Å². The molecule has 0 aromatic rings. The lowest BCUT2D eigenvalue weighted by atomic mass is 10.0. The van der Waals surface area contributed by atoms with Gasteiger partial charge in [-0.3, -0.25) is 18.6 Å². The number of aliphatic carboxylic acids is 1. The van der Waals surface area contributed by atoms with Crippen LogP contribution >= 0.6 is 7.82 Å². The summed E-state index contributed by atoms with van der Waals surface area (Å²) in [4.78, 5) is 33.6. The van der Waals surface area contributed by atoms with Gasteiger partial charge in [0.1, 0.15) is 12.1 Å². The minimum atomic E-state index is -4.61. The lowest BCUT2D eigenvalue weighted by molar-refractivity contribution is -0.154. The number of ether oxygens (including phenoxy) is 2. The number of carboxylic acids is 1. The van der Waals surface area contributed by atoms with E-state index in [1.165, 1.54) is 167 Å². The van der Waals surface area contributed by atoms with Gasteiger partial charge in [0.25, 0.3) is 0 Å². The lowest BCUT2D eigenvalue weighted by Crippen LogP contribution is -2.34. The number of rotatable bonds is 47. The molecule has 0 radical (unpaired) electrons. The number of unbranched alkanes of at least 4 members (excludes halogenated alkanes) is 29. The van der Waals surface area contributed by atoms with Crippen LogP contribution in [-0.2, 0) is 32.7 Å². The summed E-state index contributed by atoms with van der Waals surface area (Å²) in [5, 5.41) is 8.91. The van der Waals surface area contributed by atoms with Crippen LogP contribution in [-0.4, -0.2) is 60.5 Å². The minimum absolute atomic E-state index is 0.0205. The Morgan fingerprint density at radius 3 is 1.37 bits per heavy atom. The van der Waals surface area contributed by atoms with Gasteiger partial charge < -0.3 is 25.2 Å². The van der Waals surface area contributed by atoms with Gasteiger partial charge in [0.05, 0.1) is 19.8 Å². The summed E-state index contributed by atoms with van der Waals surface area (Å²) < 4.78 is 33.4. The highest BCUT2D eigenvalue weighted by Crippen LogP contribution is 2.43. The zero-order valence-electron chi connectivity index (χ0n) is 38.1. The van der Waals surface area contributed by atoms with Crippen molar-refractivity contribution < 1.29 is 42.7 Å². The molecule has 11 heteroatoms. The number of allylic oxidation sites excluding steroid dienone is 4. The number of phosphoric acid groups is 1. The molecule has 0 amide bonds. The molecule has 0 saturated carbocycles. The number of carbonyl (C=O) groups excluding carboxylic acids is 1. The van der Waals surface area contributed by atoms with E-state index in [4.69, 9.17) is 29.4 Å². The third-order valence-electron chi connectivity index (χ3n) is 10.7. The maximum Gasteiger partial charge on any atom is 0.472 e. The molecule has 0 rings (SSSR count). The Hall–Kier alpha value is -1.55. The molecule has 0 heterocycles. The predicted molar refractivity (Wildman–Crippen MR) is 245 cm³/mol. The predicted octanol–water partition coefficient (Wildman–Crippen LogP) is 13.9. The van der Waals surface area contributed by atoms with Crippen LogP contribution in [0.2, 0.25) is 0 Å². The van der Waals surface area contributed by atoms with Gasteiger partial charge in [-0.15, -0.1) is 0 Å². The molecule has 0 fully saturated rings. The van der Waals surface area contributed by atoms with Gasteiger partial charge in [-0.1, -0.05) is 205 Å². The molecule has 0 spiro atoms. The Morgan fingerprint density at radius 2 is 0.932 bits per heavy atom. The van der Waals surface area contributed by atoms with Gasteiger partial charge in [0.15, 0.2) is 0 Å². The largest absolute Gasteiger partial charge is 0.480 e. The van der Waals surface area contributed by atoms with Crippen molar-refractivity contribution >= 4 is 19.8 Å². The van der Waals surface area contributed by atoms with Crippen molar-refractivity contribution in [2.24, 2.45) is 5.73 Å². The summed E-state index contributed by atoms with van der Waals surface area (Å²) in [6.45, 7) is 3.90. The molecule has 10 nitrogen and oxygen atoms in total. The monoisotopic (exact) mass is 858 g/mol. The van der Waals surface area contributed by atoms with Gasteiger partial charge in [0.2, 0.25) is 0 Å². The van der Waals surface area contributed by atoms with E-state index in [2.05, 4.69) is 38.2 Å². The Bertz CT molecular complexity index is 1040. The van der Waals surface area contributed by atoms with Crippen molar-refractivity contribution in [1.82, 2.24) is 0 Å². The van der Waals surface area contributed by atoms with E-state index in [0.29, 0.717) is 6.61 Å². The van der Waals surface area contributed by atoms with E-state index in [-0.39, 0.29) is 13.0 Å². The van der Waals surface area contributed by atoms with Crippen LogP contribution in [0.4, 0.5) is 0 Å². The van der Waals surface area contributed by atoms with Crippen LogP contribution in [0.3, 0.4) is 0 Å². The number of carbonyl (C=O) groups is 2. The highest BCUT2D eigenvalue weighted by molar-refractivity contribution is 7.47. The maximum atomic E-state index is 12.6. The molecule has 0 aliphatic carbocycles. The molecule has 0 aromatic heterocycles. The second-order valence-electron chi connectivity index (χ2n) is 16.6. The zero-order valence-corrected chi connectivity index (χ0v) is 39.0. The smallest absolute Gasteiger partial charge is 0.472 e. The third-order valence-corrected chi connectivity index (χ3v) is 11.7. The highest BCUT2D eigenvalue weighted by Gasteiger charge is 2.27. The fourth-order valence-electron chi connectivity index (χ4n) is 6.93. The van der Waals surface area contributed by atoms with Gasteiger partial charge in [-0.2, -0.15) is 0 Å². The van der Waals surface area contributed by atoms with Crippen LogP contribution in [0.15, 0.2) is 24.3 Å². The molecule has 59 heavy (non-hydrogen) atoms. The fraction of sp³-hybridized carbons (Fsp3) is 0.875. The van der Waals surface area contributed by atoms with Crippen molar-refractivity contribution in [1.29, 1.82) is 0 Å². The van der Waals surface area contributed by atoms with E-state index in [0.717, 1.165) is 44.9 Å². The summed E-state index contributed by atoms with van der Waals surface area (Å²) in [5.74, 6) is -1.77. The van der Waals surface area contributed by atoms with Crippen LogP contribution in [0.1, 0.15) is 232 Å². The summed E-state index contributed by atoms with van der Waals surface area (Å²) in [5.41, 5.74) is 5.36. The molecule has 0 saturated heterocycles. The lowest BCUT2D eigenvalue weighted by Gasteiger charge is -2.20. The molecule has 0 aliphatic heterocycles. The van der Waals surface area contributed by atoms with E-state index in [9.17, 15) is 19.0 Å². The van der Waals surface area contributed by atoms with Crippen molar-refractivity contribution in [3.8, 4) is 0 Å². The van der Waals surface area contributed by atoms with Gasteiger partial charge >= 0.3 is 19.8 Å². The zero-order chi connectivity index (χ0) is 43.3. The summed E-state index contributed by atoms with van der Waals surface area (Å²) in [6, 6.07) is -1.47. The standard InChI is InChI=1S/C48H92NO9P/c1-3-5-7-9-11-13-15-17-18-19-20-21-22-23-24-25-26-27-29-31-33-35-37-39-41-55-42-45(43-56-59(53,54)57-44-46(49)48(51)52)58-47(50)40-38-36-34-32-30-28-16-14-12-10-8-6-4-2/h15,17,19-20,45-46H,3-14,16,18,21-44,49H2,1-2H3,(H,51,52)(H,53,54)/b17-15-,20-19-. The molecule has 3 atom stereocenters. The highest BCUT2D eigenvalue weighted by atomic mass is 31.2. The number of hydrogen-bond donors (Lipinski definition) is 3. The molecular weight excluding hydrogens is 765 g/mol. The normalized spacial score (nSPS) is 14.0. The van der Waals surface area contributed by atoms with Gasteiger partial charge in [-0.05, 0) is 44.9 Å². The molecule has 0 aliphatic rings. The molecule has 348 valence electrons. The minimum Gasteiger partial charge on any atom is -0.480 e. The quantitative estimate of drug-likeness (QED) is 0.0233. The Balaban J connectivity index is 4.08. The Morgan fingerprint density at radius 1 is 0.542 bits per heavy atom. The number of nitrogens with two attached hydrogens (primary N) is 1. The second-order valence-corrected chi connectivity index (χ2v) is 18.1. The summed E-state index contributed by atoms with van der Waals surface area (Å²) >= 11 is 0. The second kappa shape index (κ2) is 44.5. The average Bonchev–Trinajstić information content (AvgIpc) is 3.21. The first-order valence-corrected chi connectivity index (χ1v) is 25.9. The Labute approximate surface area is 362 Å². The average molecular weight is 858 g/mol. The van der Waals surface area contributed by atoms with Crippen molar-refractivity contribution in [2.45, 2.75) is 244 Å². The maximum absolute atomic E-state index is 12.6. The summed E-state index contributed by atoms with van der Waals surface area (Å²) in [7, 11) is -4.61. The van der Waals surface area contributed by atoms with Gasteiger partial charge in [0, 0.05) is 13.0 Å². The van der Waals surface area contributed by atoms with E-state index >= 15 is 0 Å². The van der Waals surface area contributed by atoms with Gasteiger partial charge in [-0.25, -0.2) is 4.57 Å². The van der Waals surface area contributed by atoms with Crippen LogP contribution in [0, 0.1) is 0 Å². The molecule has 3 unspecified atom stereocenters. The third kappa shape index (κ3) is 44.3. The summed E-state index contributed by atoms with van der Waals surface area (Å²) in [6.07, 6.45) is 49.5. The first kappa shape index (κ1) is 57.4. The molecular formula is C48H92NO9P. The van der Waals surface area contributed by atoms with Crippen LogP contribution in [0.25, 0.3) is 0 Å². The van der Waals surface area contributed by atoms with Crippen molar-refractivity contribution in [2.75, 3.05) is 26.4 Å². The number of hydrogen-bond acceptors (Lipinski definition) is 8. The fourth-order valence-corrected chi connectivity index (χ4v) is 7.71. The first-order chi connectivity index (χ1) is 28.7. The molecule has 4 N–H and O–H groups in total. The number of esters is 1. The van der Waals surface area contributed by atoms with E-state index in [1.807, 2.05) is 0 Å². The van der Waals surface area contributed by atoms with Crippen LogP contribution in [0.5, 0.6) is 0 Å². The molecule has 0 bridgehead atoms. The van der Waals surface area contributed by atoms with Crippen LogP contribution < -0.4 is 5.73 Å². The topological polar surface area (TPSA) is 155 Å². The van der Waals surface area contributed by atoms with E-state index < -0.39 is 45.1 Å². The Kier molecular flexibility index (Phi) is 43.3. The number of carboxylic acid groups (broad SMARTS) is 1. The molecule has 0 aromatic carbocycles.